The second-order valence-electron chi connectivity index (χ2n) is 5.04. The monoisotopic (exact) mass is 298 g/mol. The maximum Gasteiger partial charge on any atom is 0.332 e. The van der Waals surface area contributed by atoms with Crippen LogP contribution in [0.25, 0.3) is 0 Å². The van der Waals surface area contributed by atoms with E-state index in [9.17, 15) is 14.7 Å². The van der Waals surface area contributed by atoms with E-state index in [1.807, 2.05) is 0 Å². The topological polar surface area (TPSA) is 109 Å². The van der Waals surface area contributed by atoms with Gasteiger partial charge in [0.05, 0.1) is 18.8 Å². The fourth-order valence-electron chi connectivity index (χ4n) is 1.30. The molecular formula is C14H22N2O5. The van der Waals surface area contributed by atoms with Crippen LogP contribution in [0.5, 0.6) is 0 Å². The molecule has 2 N–H and O–H groups in total. The smallest absolute Gasteiger partial charge is 0.332 e. The number of rotatable bonds is 10. The van der Waals surface area contributed by atoms with E-state index in [2.05, 4.69) is 16.6 Å². The number of aliphatic hydroxyl groups is 1. The maximum absolute atomic E-state index is 11.7. The Labute approximate surface area is 124 Å². The van der Waals surface area contributed by atoms with Crippen LogP contribution < -0.4 is 5.32 Å². The Hall–Kier alpha value is -1.91. The van der Waals surface area contributed by atoms with Gasteiger partial charge < -0.3 is 19.9 Å². The highest BCUT2D eigenvalue weighted by Crippen LogP contribution is 2.02. The molecule has 118 valence electrons. The Balaban J connectivity index is 4.46. The molecule has 7 heteroatoms. The van der Waals surface area contributed by atoms with E-state index < -0.39 is 24.2 Å². The molecule has 0 aliphatic heterocycles. The Morgan fingerprint density at radius 3 is 2.71 bits per heavy atom. The summed E-state index contributed by atoms with van der Waals surface area (Å²) in [6, 6.07) is 0.656. The number of hydrogen-bond acceptors (Lipinski definition) is 6. The quantitative estimate of drug-likeness (QED) is 0.443. The highest BCUT2D eigenvalue weighted by Gasteiger charge is 2.23. The molecule has 0 heterocycles. The van der Waals surface area contributed by atoms with Crippen molar-refractivity contribution in [2.75, 3.05) is 19.8 Å². The third-order valence-corrected chi connectivity index (χ3v) is 2.21. The van der Waals surface area contributed by atoms with Gasteiger partial charge in [-0.1, -0.05) is 6.08 Å². The Morgan fingerprint density at radius 2 is 2.19 bits per heavy atom. The fourth-order valence-corrected chi connectivity index (χ4v) is 1.30. The van der Waals surface area contributed by atoms with Crippen molar-refractivity contribution in [1.29, 1.82) is 5.26 Å². The van der Waals surface area contributed by atoms with E-state index in [1.165, 1.54) is 0 Å². The lowest BCUT2D eigenvalue weighted by atomic mass is 10.2. The lowest BCUT2D eigenvalue weighted by Crippen LogP contribution is -2.45. The van der Waals surface area contributed by atoms with Crippen LogP contribution in [0.4, 0.5) is 0 Å². The molecule has 0 saturated heterocycles. The first-order chi connectivity index (χ1) is 9.80. The van der Waals surface area contributed by atoms with Crippen molar-refractivity contribution in [1.82, 2.24) is 5.32 Å². The van der Waals surface area contributed by atoms with Gasteiger partial charge in [-0.3, -0.25) is 4.79 Å². The summed E-state index contributed by atoms with van der Waals surface area (Å²) in [6.45, 7) is 6.07. The zero-order chi connectivity index (χ0) is 16.3. The molecule has 0 aliphatic rings. The van der Waals surface area contributed by atoms with E-state index in [-0.39, 0.29) is 25.5 Å². The van der Waals surface area contributed by atoms with Gasteiger partial charge in [-0.25, -0.2) is 4.79 Å². The minimum Gasteiger partial charge on any atom is -0.449 e. The van der Waals surface area contributed by atoms with E-state index in [0.717, 1.165) is 0 Å². The molecule has 0 aromatic heterocycles. The molecule has 0 rings (SSSR count). The maximum atomic E-state index is 11.7. The molecule has 0 fully saturated rings. The summed E-state index contributed by atoms with van der Waals surface area (Å²) in [5, 5.41) is 20.4. The first-order valence-corrected chi connectivity index (χ1v) is 6.54. The van der Waals surface area contributed by atoms with Gasteiger partial charge in [0.25, 0.3) is 0 Å². The van der Waals surface area contributed by atoms with Crippen molar-refractivity contribution in [3.05, 3.63) is 12.7 Å². The third kappa shape index (κ3) is 10.5. The van der Waals surface area contributed by atoms with Crippen molar-refractivity contribution < 1.29 is 24.2 Å². The van der Waals surface area contributed by atoms with Crippen LogP contribution >= 0.6 is 0 Å². The molecule has 0 aliphatic carbocycles. The Kier molecular flexibility index (Phi) is 9.01. The number of amides is 1. The lowest BCUT2D eigenvalue weighted by molar-refractivity contribution is -0.149. The normalized spacial score (nSPS) is 12.1. The molecule has 1 atom stereocenters. The summed E-state index contributed by atoms with van der Waals surface area (Å²) in [5.41, 5.74) is -1.05. The number of nitrogens with one attached hydrogen (secondary N) is 1. The van der Waals surface area contributed by atoms with Crippen LogP contribution in [-0.4, -0.2) is 48.4 Å². The van der Waals surface area contributed by atoms with Crippen LogP contribution in [0.3, 0.4) is 0 Å². The van der Waals surface area contributed by atoms with Crippen LogP contribution in [0.15, 0.2) is 12.7 Å². The van der Waals surface area contributed by atoms with E-state index >= 15 is 0 Å². The zero-order valence-corrected chi connectivity index (χ0v) is 12.4. The van der Waals surface area contributed by atoms with Crippen molar-refractivity contribution in [3.63, 3.8) is 0 Å². The third-order valence-electron chi connectivity index (χ3n) is 2.21. The van der Waals surface area contributed by atoms with E-state index in [0.29, 0.717) is 6.42 Å². The number of nitrogens with zero attached hydrogens (tertiary/aromatic N) is 1. The van der Waals surface area contributed by atoms with Crippen molar-refractivity contribution in [2.24, 2.45) is 0 Å². The van der Waals surface area contributed by atoms with Crippen LogP contribution in [0.2, 0.25) is 0 Å². The number of hydrogen-bond donors (Lipinski definition) is 2. The van der Waals surface area contributed by atoms with Crippen LogP contribution in [-0.2, 0) is 19.1 Å². The number of esters is 1. The highest BCUT2D eigenvalue weighted by molar-refractivity contribution is 5.84. The van der Waals surface area contributed by atoms with Gasteiger partial charge in [0.15, 0.2) is 12.6 Å². The molecule has 0 bridgehead atoms. The molecule has 0 unspecified atom stereocenters. The molecule has 21 heavy (non-hydrogen) atoms. The van der Waals surface area contributed by atoms with Gasteiger partial charge in [0.1, 0.15) is 6.07 Å². The predicted octanol–water partition coefficient (Wildman–Crippen LogP) is 0.292. The molecule has 0 aromatic carbocycles. The lowest BCUT2D eigenvalue weighted by Gasteiger charge is -2.21. The first-order valence-electron chi connectivity index (χ1n) is 6.54. The van der Waals surface area contributed by atoms with Crippen molar-refractivity contribution in [2.45, 2.75) is 38.3 Å². The van der Waals surface area contributed by atoms with E-state index in [4.69, 9.17) is 10.00 Å². The molecule has 1 amide bonds. The molecule has 0 spiro atoms. The minimum absolute atomic E-state index is 0.00242. The minimum atomic E-state index is -1.05. The largest absolute Gasteiger partial charge is 0.449 e. The molecular weight excluding hydrogens is 276 g/mol. The number of allylic oxidation sites excluding steroid dienone is 1. The molecule has 0 saturated carbocycles. The summed E-state index contributed by atoms with van der Waals surface area (Å²) in [7, 11) is 0. The van der Waals surface area contributed by atoms with Crippen molar-refractivity contribution >= 4 is 11.9 Å². The van der Waals surface area contributed by atoms with Gasteiger partial charge in [-0.05, 0) is 20.3 Å². The predicted molar refractivity (Wildman–Crippen MR) is 75.1 cm³/mol. The van der Waals surface area contributed by atoms with Crippen molar-refractivity contribution in [3.8, 4) is 6.07 Å². The standard InChI is InChI=1S/C14H22N2O5/c1-4-5-6-12(17)16-11(13(18)21-8-7-15)9-20-10-14(2,3)19/h4,11,19H,1,5-6,8-10H2,2-3H3,(H,16,17)/t11-/m0/s1. The highest BCUT2D eigenvalue weighted by atomic mass is 16.5. The fraction of sp³-hybridized carbons (Fsp3) is 0.643. The van der Waals surface area contributed by atoms with Gasteiger partial charge in [-0.2, -0.15) is 5.26 Å². The molecule has 0 radical (unpaired) electrons. The summed E-state index contributed by atoms with van der Waals surface area (Å²) < 4.78 is 9.86. The van der Waals surface area contributed by atoms with Crippen LogP contribution in [0, 0.1) is 11.3 Å². The Bertz CT molecular complexity index is 395. The number of ether oxygens (including phenoxy) is 2. The number of carbonyl (C=O) groups excluding carboxylic acids is 2. The number of carbonyl (C=O) groups is 2. The first kappa shape index (κ1) is 19.1. The molecule has 7 nitrogen and oxygen atoms in total. The summed E-state index contributed by atoms with van der Waals surface area (Å²) >= 11 is 0. The van der Waals surface area contributed by atoms with Gasteiger partial charge in [0, 0.05) is 6.42 Å². The zero-order valence-electron chi connectivity index (χ0n) is 12.4. The average molecular weight is 298 g/mol. The van der Waals surface area contributed by atoms with Gasteiger partial charge >= 0.3 is 5.97 Å². The second-order valence-corrected chi connectivity index (χ2v) is 5.04. The summed E-state index contributed by atoms with van der Waals surface area (Å²) in [5.74, 6) is -1.10. The summed E-state index contributed by atoms with van der Waals surface area (Å²) in [6.07, 6.45) is 2.26. The summed E-state index contributed by atoms with van der Waals surface area (Å²) in [4.78, 5) is 23.3. The second kappa shape index (κ2) is 9.91. The number of nitriles is 1. The van der Waals surface area contributed by atoms with Crippen LogP contribution in [0.1, 0.15) is 26.7 Å². The SMILES string of the molecule is C=CCCC(=O)N[C@@H](COCC(C)(C)O)C(=O)OCC#N. The Morgan fingerprint density at radius 1 is 1.52 bits per heavy atom. The van der Waals surface area contributed by atoms with Gasteiger partial charge in [-0.15, -0.1) is 6.58 Å². The average Bonchev–Trinajstić information content (AvgIpc) is 2.40. The molecule has 0 aromatic rings. The van der Waals surface area contributed by atoms with Gasteiger partial charge in [0.2, 0.25) is 5.91 Å². The van der Waals surface area contributed by atoms with E-state index in [1.54, 1.807) is 26.0 Å².